The molecule has 0 radical (unpaired) electrons. The quantitative estimate of drug-likeness (QED) is 0.883. The van der Waals surface area contributed by atoms with Gasteiger partial charge in [-0.05, 0) is 18.4 Å². The number of carbonyl (C=O) groups excluding carboxylic acids is 1. The second kappa shape index (κ2) is 7.29. The highest BCUT2D eigenvalue weighted by molar-refractivity contribution is 5.79. The van der Waals surface area contributed by atoms with Crippen molar-refractivity contribution in [3.63, 3.8) is 0 Å². The summed E-state index contributed by atoms with van der Waals surface area (Å²) in [6, 6.07) is 10.4. The van der Waals surface area contributed by atoms with E-state index < -0.39 is 0 Å². The zero-order valence-corrected chi connectivity index (χ0v) is 11.6. The molecule has 0 saturated heterocycles. The van der Waals surface area contributed by atoms with E-state index in [1.807, 2.05) is 35.2 Å². The Bertz CT molecular complexity index is 385. The Morgan fingerprint density at radius 2 is 1.84 bits per heavy atom. The Kier molecular flexibility index (Phi) is 5.40. The van der Waals surface area contributed by atoms with Crippen LogP contribution in [0.2, 0.25) is 0 Å². The van der Waals surface area contributed by atoms with Crippen molar-refractivity contribution in [1.82, 2.24) is 4.90 Å². The number of hydrogen-bond acceptors (Lipinski definition) is 2. The number of nitrogens with two attached hydrogens (primary N) is 1. The highest BCUT2D eigenvalue weighted by Gasteiger charge is 2.24. The molecule has 0 heterocycles. The van der Waals surface area contributed by atoms with Crippen LogP contribution in [0.25, 0.3) is 0 Å². The zero-order valence-electron chi connectivity index (χ0n) is 11.6. The lowest BCUT2D eigenvalue weighted by Crippen LogP contribution is -2.44. The summed E-state index contributed by atoms with van der Waals surface area (Å²) in [5, 5.41) is 0. The Morgan fingerprint density at radius 1 is 1.16 bits per heavy atom. The van der Waals surface area contributed by atoms with E-state index in [1.165, 1.54) is 19.3 Å². The van der Waals surface area contributed by atoms with E-state index in [1.54, 1.807) is 0 Å². The maximum absolute atomic E-state index is 12.5. The first-order valence-corrected chi connectivity index (χ1v) is 7.34. The summed E-state index contributed by atoms with van der Waals surface area (Å²) < 4.78 is 0. The summed E-state index contributed by atoms with van der Waals surface area (Å²) in [5.74, 6) is 0.226. The van der Waals surface area contributed by atoms with Crippen LogP contribution in [0.15, 0.2) is 30.3 Å². The molecule has 1 fully saturated rings. The van der Waals surface area contributed by atoms with Gasteiger partial charge in [-0.25, -0.2) is 0 Å². The molecule has 0 spiro atoms. The van der Waals surface area contributed by atoms with Crippen molar-refractivity contribution in [3.8, 4) is 0 Å². The van der Waals surface area contributed by atoms with E-state index in [2.05, 4.69) is 0 Å². The minimum absolute atomic E-state index is 0.226. The third-order valence-electron chi connectivity index (χ3n) is 3.90. The van der Waals surface area contributed by atoms with Crippen molar-refractivity contribution >= 4 is 5.91 Å². The molecule has 0 aliphatic heterocycles. The Hall–Kier alpha value is -1.35. The monoisotopic (exact) mass is 260 g/mol. The first-order valence-electron chi connectivity index (χ1n) is 7.34. The number of benzene rings is 1. The molecule has 19 heavy (non-hydrogen) atoms. The van der Waals surface area contributed by atoms with Gasteiger partial charge in [0, 0.05) is 19.1 Å². The highest BCUT2D eigenvalue weighted by atomic mass is 16.2. The molecule has 3 nitrogen and oxygen atoms in total. The first-order chi connectivity index (χ1) is 9.31. The van der Waals surface area contributed by atoms with E-state index in [9.17, 15) is 4.79 Å². The van der Waals surface area contributed by atoms with Crippen molar-refractivity contribution in [2.45, 2.75) is 44.6 Å². The van der Waals surface area contributed by atoms with Crippen molar-refractivity contribution in [3.05, 3.63) is 35.9 Å². The van der Waals surface area contributed by atoms with E-state index in [-0.39, 0.29) is 5.91 Å². The maximum atomic E-state index is 12.5. The van der Waals surface area contributed by atoms with E-state index in [4.69, 9.17) is 5.73 Å². The van der Waals surface area contributed by atoms with Crippen molar-refractivity contribution in [2.24, 2.45) is 5.73 Å². The Labute approximate surface area is 115 Å². The van der Waals surface area contributed by atoms with Gasteiger partial charge in [-0.1, -0.05) is 49.6 Å². The molecule has 1 aliphatic rings. The van der Waals surface area contributed by atoms with Crippen LogP contribution in [-0.4, -0.2) is 29.9 Å². The van der Waals surface area contributed by atoms with Gasteiger partial charge in [-0.3, -0.25) is 4.79 Å². The molecular formula is C16H24N2O. The predicted octanol–water partition coefficient (Wildman–Crippen LogP) is 2.35. The first kappa shape index (κ1) is 14.1. The molecule has 2 N–H and O–H groups in total. The number of hydrogen-bond donors (Lipinski definition) is 1. The van der Waals surface area contributed by atoms with Gasteiger partial charge in [0.1, 0.15) is 0 Å². The molecular weight excluding hydrogens is 236 g/mol. The molecule has 0 aromatic heterocycles. The number of carbonyl (C=O) groups is 1. The standard InChI is InChI=1S/C16H24N2O/c17-11-12-18(15-9-5-2-6-10-15)16(19)13-14-7-3-1-4-8-14/h1,3-4,7-8,15H,2,5-6,9-13,17H2. The molecule has 0 atom stereocenters. The van der Waals surface area contributed by atoms with Crippen LogP contribution < -0.4 is 5.73 Å². The second-order valence-electron chi connectivity index (χ2n) is 5.33. The third kappa shape index (κ3) is 4.06. The third-order valence-corrected chi connectivity index (χ3v) is 3.90. The van der Waals surface area contributed by atoms with Crippen molar-refractivity contribution in [1.29, 1.82) is 0 Å². The summed E-state index contributed by atoms with van der Waals surface area (Å²) in [6.07, 6.45) is 6.56. The SMILES string of the molecule is NCCN(C(=O)Cc1ccccc1)C1CCCCC1. The number of amides is 1. The predicted molar refractivity (Wildman–Crippen MR) is 77.8 cm³/mol. The van der Waals surface area contributed by atoms with Crippen LogP contribution in [0.5, 0.6) is 0 Å². The van der Waals surface area contributed by atoms with E-state index >= 15 is 0 Å². The van der Waals surface area contributed by atoms with Crippen LogP contribution >= 0.6 is 0 Å². The van der Waals surface area contributed by atoms with Crippen LogP contribution in [0.3, 0.4) is 0 Å². The molecule has 1 aliphatic carbocycles. The molecule has 1 saturated carbocycles. The summed E-state index contributed by atoms with van der Waals surface area (Å²) in [7, 11) is 0. The van der Waals surface area contributed by atoms with Crippen LogP contribution in [0.4, 0.5) is 0 Å². The summed E-state index contributed by atoms with van der Waals surface area (Å²) in [5.41, 5.74) is 6.76. The molecule has 3 heteroatoms. The molecule has 1 aromatic rings. The lowest BCUT2D eigenvalue weighted by Gasteiger charge is -2.34. The van der Waals surface area contributed by atoms with Gasteiger partial charge in [0.15, 0.2) is 0 Å². The van der Waals surface area contributed by atoms with Crippen molar-refractivity contribution in [2.75, 3.05) is 13.1 Å². The summed E-state index contributed by atoms with van der Waals surface area (Å²) in [4.78, 5) is 14.5. The topological polar surface area (TPSA) is 46.3 Å². The van der Waals surface area contributed by atoms with Gasteiger partial charge in [-0.2, -0.15) is 0 Å². The normalized spacial score (nSPS) is 16.3. The van der Waals surface area contributed by atoms with Crippen LogP contribution in [0.1, 0.15) is 37.7 Å². The smallest absolute Gasteiger partial charge is 0.227 e. The van der Waals surface area contributed by atoms with Crippen LogP contribution in [-0.2, 0) is 11.2 Å². The van der Waals surface area contributed by atoms with Gasteiger partial charge < -0.3 is 10.6 Å². The highest BCUT2D eigenvalue weighted by Crippen LogP contribution is 2.23. The second-order valence-corrected chi connectivity index (χ2v) is 5.33. The van der Waals surface area contributed by atoms with E-state index in [0.29, 0.717) is 25.6 Å². The zero-order chi connectivity index (χ0) is 13.5. The summed E-state index contributed by atoms with van der Waals surface area (Å²) in [6.45, 7) is 1.24. The Balaban J connectivity index is 1.99. The fourth-order valence-electron chi connectivity index (χ4n) is 2.91. The lowest BCUT2D eigenvalue weighted by atomic mass is 9.93. The molecule has 104 valence electrons. The fraction of sp³-hybridized carbons (Fsp3) is 0.562. The van der Waals surface area contributed by atoms with Gasteiger partial charge in [-0.15, -0.1) is 0 Å². The van der Waals surface area contributed by atoms with Crippen molar-refractivity contribution < 1.29 is 4.79 Å². The van der Waals surface area contributed by atoms with Gasteiger partial charge >= 0.3 is 0 Å². The molecule has 2 rings (SSSR count). The average Bonchev–Trinajstić information content (AvgIpc) is 2.46. The molecule has 0 bridgehead atoms. The minimum atomic E-state index is 0.226. The van der Waals surface area contributed by atoms with Gasteiger partial charge in [0.05, 0.1) is 6.42 Å². The minimum Gasteiger partial charge on any atom is -0.338 e. The number of rotatable bonds is 5. The van der Waals surface area contributed by atoms with E-state index in [0.717, 1.165) is 18.4 Å². The fourth-order valence-corrected chi connectivity index (χ4v) is 2.91. The van der Waals surface area contributed by atoms with Gasteiger partial charge in [0.25, 0.3) is 0 Å². The average molecular weight is 260 g/mol. The Morgan fingerprint density at radius 3 is 2.47 bits per heavy atom. The molecule has 0 unspecified atom stereocenters. The largest absolute Gasteiger partial charge is 0.338 e. The summed E-state index contributed by atoms with van der Waals surface area (Å²) >= 11 is 0. The maximum Gasteiger partial charge on any atom is 0.227 e. The lowest BCUT2D eigenvalue weighted by molar-refractivity contribution is -0.133. The number of nitrogens with zero attached hydrogens (tertiary/aromatic N) is 1. The van der Waals surface area contributed by atoms with Gasteiger partial charge in [0.2, 0.25) is 5.91 Å². The molecule has 1 aromatic carbocycles. The molecule has 1 amide bonds. The van der Waals surface area contributed by atoms with Crippen LogP contribution in [0, 0.1) is 0 Å².